The van der Waals surface area contributed by atoms with Gasteiger partial charge >= 0.3 is 0 Å². The third-order valence-electron chi connectivity index (χ3n) is 1.67. The van der Waals surface area contributed by atoms with Crippen LogP contribution in [0.2, 0.25) is 0 Å². The van der Waals surface area contributed by atoms with Crippen molar-refractivity contribution in [2.24, 2.45) is 5.73 Å². The molecule has 0 aliphatic heterocycles. The van der Waals surface area contributed by atoms with Gasteiger partial charge in [0.2, 0.25) is 0 Å². The summed E-state index contributed by atoms with van der Waals surface area (Å²) in [4.78, 5) is 0. The maximum Gasteiger partial charge on any atom is 0.0585 e. The van der Waals surface area contributed by atoms with Gasteiger partial charge in [0.05, 0.1) is 6.61 Å². The number of aliphatic hydroxyl groups excluding tert-OH is 1. The molecule has 0 aliphatic rings. The number of rotatable bonds is 3. The smallest absolute Gasteiger partial charge is 0.0585 e. The minimum Gasteiger partial charge on any atom is -0.395 e. The minimum absolute atomic E-state index is 0.0466. The number of nitrogens with two attached hydrogens (primary N) is 1. The van der Waals surface area contributed by atoms with Crippen LogP contribution in [0, 0.1) is 3.57 Å². The van der Waals surface area contributed by atoms with Gasteiger partial charge in [-0.25, -0.2) is 0 Å². The molecule has 0 bridgehead atoms. The molecule has 0 spiro atoms. The molecule has 1 aromatic rings. The van der Waals surface area contributed by atoms with Crippen LogP contribution in [0.1, 0.15) is 5.56 Å². The van der Waals surface area contributed by atoms with Crippen molar-refractivity contribution in [2.45, 2.75) is 12.5 Å². The number of hydrogen-bond donors (Lipinski definition) is 2. The molecule has 3 heteroatoms. The topological polar surface area (TPSA) is 46.2 Å². The van der Waals surface area contributed by atoms with Crippen molar-refractivity contribution >= 4 is 22.6 Å². The van der Waals surface area contributed by atoms with Crippen LogP contribution < -0.4 is 5.73 Å². The summed E-state index contributed by atoms with van der Waals surface area (Å²) in [6.07, 6.45) is 0.746. The van der Waals surface area contributed by atoms with Gasteiger partial charge in [-0.1, -0.05) is 18.2 Å². The fraction of sp³-hybridized carbons (Fsp3) is 0.333. The van der Waals surface area contributed by atoms with Gasteiger partial charge < -0.3 is 10.8 Å². The van der Waals surface area contributed by atoms with Gasteiger partial charge in [-0.2, -0.15) is 0 Å². The van der Waals surface area contributed by atoms with Crippen LogP contribution >= 0.6 is 22.6 Å². The summed E-state index contributed by atoms with van der Waals surface area (Å²) < 4.78 is 1.21. The molecule has 0 aromatic heterocycles. The standard InChI is InChI=1S/C9H12INO/c10-9-4-2-1-3-7(9)5-8(11)6-12/h1-4,8,12H,5-6,11H2/t8-/m1/s1. The highest BCUT2D eigenvalue weighted by Gasteiger charge is 2.04. The first-order valence-corrected chi connectivity index (χ1v) is 4.91. The maximum absolute atomic E-state index is 8.76. The maximum atomic E-state index is 8.76. The Hall–Kier alpha value is -0.130. The molecular formula is C9H12INO. The predicted octanol–water partition coefficient (Wildman–Crippen LogP) is 1.15. The molecule has 2 nitrogen and oxygen atoms in total. The van der Waals surface area contributed by atoms with Crippen LogP contribution in [-0.4, -0.2) is 17.8 Å². The quantitative estimate of drug-likeness (QED) is 0.814. The Labute approximate surface area is 85.9 Å². The van der Waals surface area contributed by atoms with E-state index in [9.17, 15) is 0 Å². The molecule has 0 amide bonds. The average Bonchev–Trinajstić information content (AvgIpc) is 2.09. The van der Waals surface area contributed by atoms with Gasteiger partial charge in [-0.05, 0) is 40.6 Å². The molecule has 0 saturated carbocycles. The van der Waals surface area contributed by atoms with Gasteiger partial charge in [-0.15, -0.1) is 0 Å². The summed E-state index contributed by atoms with van der Waals surface area (Å²) in [5.41, 5.74) is 6.83. The molecule has 0 radical (unpaired) electrons. The number of halogens is 1. The molecule has 1 aromatic carbocycles. The van der Waals surface area contributed by atoms with E-state index < -0.39 is 0 Å². The van der Waals surface area contributed by atoms with E-state index in [4.69, 9.17) is 10.8 Å². The second-order valence-electron chi connectivity index (χ2n) is 2.74. The van der Waals surface area contributed by atoms with Crippen LogP contribution in [0.15, 0.2) is 24.3 Å². The zero-order chi connectivity index (χ0) is 8.97. The van der Waals surface area contributed by atoms with Crippen LogP contribution in [-0.2, 0) is 6.42 Å². The van der Waals surface area contributed by atoms with Crippen molar-refractivity contribution in [3.05, 3.63) is 33.4 Å². The first-order chi connectivity index (χ1) is 5.74. The molecule has 66 valence electrons. The van der Waals surface area contributed by atoms with Crippen molar-refractivity contribution < 1.29 is 5.11 Å². The van der Waals surface area contributed by atoms with E-state index in [1.165, 1.54) is 9.13 Å². The lowest BCUT2D eigenvalue weighted by Gasteiger charge is -2.08. The fourth-order valence-corrected chi connectivity index (χ4v) is 1.62. The lowest BCUT2D eigenvalue weighted by Crippen LogP contribution is -2.27. The molecule has 0 heterocycles. The average molecular weight is 277 g/mol. The van der Waals surface area contributed by atoms with Crippen LogP contribution in [0.4, 0.5) is 0 Å². The Bertz CT molecular complexity index is 252. The van der Waals surface area contributed by atoms with Gasteiger partial charge in [0.15, 0.2) is 0 Å². The van der Waals surface area contributed by atoms with E-state index >= 15 is 0 Å². The first kappa shape index (κ1) is 9.95. The Morgan fingerprint density at radius 2 is 2.08 bits per heavy atom. The molecule has 1 atom stereocenters. The summed E-state index contributed by atoms with van der Waals surface area (Å²) in [5.74, 6) is 0. The Morgan fingerprint density at radius 1 is 1.42 bits per heavy atom. The fourth-order valence-electron chi connectivity index (χ4n) is 1.01. The van der Waals surface area contributed by atoms with Crippen molar-refractivity contribution in [2.75, 3.05) is 6.61 Å². The lowest BCUT2D eigenvalue weighted by molar-refractivity contribution is 0.265. The largest absolute Gasteiger partial charge is 0.395 e. The van der Waals surface area contributed by atoms with Gasteiger partial charge in [0.1, 0.15) is 0 Å². The Balaban J connectivity index is 2.69. The molecule has 0 fully saturated rings. The summed E-state index contributed by atoms with van der Waals surface area (Å²) in [6, 6.07) is 7.93. The second kappa shape index (κ2) is 4.79. The summed E-state index contributed by atoms with van der Waals surface area (Å²) in [6.45, 7) is 0.0466. The van der Waals surface area contributed by atoms with Crippen molar-refractivity contribution in [3.8, 4) is 0 Å². The molecule has 0 unspecified atom stereocenters. The lowest BCUT2D eigenvalue weighted by atomic mass is 10.1. The molecule has 0 saturated heterocycles. The zero-order valence-corrected chi connectivity index (χ0v) is 8.86. The van der Waals surface area contributed by atoms with Gasteiger partial charge in [0, 0.05) is 9.61 Å². The monoisotopic (exact) mass is 277 g/mol. The van der Waals surface area contributed by atoms with Gasteiger partial charge in [-0.3, -0.25) is 0 Å². The third kappa shape index (κ3) is 2.73. The van der Waals surface area contributed by atoms with Crippen LogP contribution in [0.3, 0.4) is 0 Å². The highest BCUT2D eigenvalue weighted by Crippen LogP contribution is 2.12. The highest BCUT2D eigenvalue weighted by atomic mass is 127. The van der Waals surface area contributed by atoms with Gasteiger partial charge in [0.25, 0.3) is 0 Å². The number of aliphatic hydroxyl groups is 1. The number of hydrogen-bond acceptors (Lipinski definition) is 2. The van der Waals surface area contributed by atoms with E-state index in [-0.39, 0.29) is 12.6 Å². The molecule has 3 N–H and O–H groups in total. The molecule has 1 rings (SSSR count). The van der Waals surface area contributed by atoms with Crippen LogP contribution in [0.25, 0.3) is 0 Å². The van der Waals surface area contributed by atoms with E-state index in [0.717, 1.165) is 6.42 Å². The Morgan fingerprint density at radius 3 is 2.67 bits per heavy atom. The van der Waals surface area contributed by atoms with E-state index in [2.05, 4.69) is 22.6 Å². The summed E-state index contributed by atoms with van der Waals surface area (Å²) in [7, 11) is 0. The van der Waals surface area contributed by atoms with E-state index in [1.54, 1.807) is 0 Å². The molecular weight excluding hydrogens is 265 g/mol. The zero-order valence-electron chi connectivity index (χ0n) is 6.70. The van der Waals surface area contributed by atoms with Crippen molar-refractivity contribution in [1.82, 2.24) is 0 Å². The van der Waals surface area contributed by atoms with E-state index in [1.807, 2.05) is 24.3 Å². The third-order valence-corrected chi connectivity index (χ3v) is 2.73. The minimum atomic E-state index is -0.138. The molecule has 0 aliphatic carbocycles. The number of benzene rings is 1. The molecule has 12 heavy (non-hydrogen) atoms. The van der Waals surface area contributed by atoms with Crippen LogP contribution in [0.5, 0.6) is 0 Å². The van der Waals surface area contributed by atoms with Crippen molar-refractivity contribution in [1.29, 1.82) is 0 Å². The normalized spacial score (nSPS) is 12.9. The van der Waals surface area contributed by atoms with E-state index in [0.29, 0.717) is 0 Å². The summed E-state index contributed by atoms with van der Waals surface area (Å²) in [5, 5.41) is 8.76. The summed E-state index contributed by atoms with van der Waals surface area (Å²) >= 11 is 2.27. The SMILES string of the molecule is N[C@@H](CO)Cc1ccccc1I. The first-order valence-electron chi connectivity index (χ1n) is 3.84. The second-order valence-corrected chi connectivity index (χ2v) is 3.90. The Kier molecular flexibility index (Phi) is 3.97. The van der Waals surface area contributed by atoms with Crippen molar-refractivity contribution in [3.63, 3.8) is 0 Å². The highest BCUT2D eigenvalue weighted by molar-refractivity contribution is 14.1. The predicted molar refractivity (Wildman–Crippen MR) is 57.9 cm³/mol.